The van der Waals surface area contributed by atoms with E-state index in [1.807, 2.05) is 12.1 Å². The number of hydrogen-bond donors (Lipinski definition) is 1. The van der Waals surface area contributed by atoms with E-state index in [-0.39, 0.29) is 0 Å². The highest BCUT2D eigenvalue weighted by atomic mass is 16.5. The van der Waals surface area contributed by atoms with Crippen molar-refractivity contribution in [1.29, 1.82) is 5.26 Å². The maximum absolute atomic E-state index is 8.89. The first-order chi connectivity index (χ1) is 8.76. The Morgan fingerprint density at radius 1 is 1.44 bits per heavy atom. The molecule has 1 aromatic rings. The van der Waals surface area contributed by atoms with Crippen LogP contribution in [0.1, 0.15) is 24.0 Å². The molecule has 1 aliphatic carbocycles. The first kappa shape index (κ1) is 12.9. The highest BCUT2D eigenvalue weighted by Crippen LogP contribution is 2.30. The Labute approximate surface area is 107 Å². The third-order valence-electron chi connectivity index (χ3n) is 3.40. The third-order valence-corrected chi connectivity index (χ3v) is 3.40. The lowest BCUT2D eigenvalue weighted by Gasteiger charge is -2.34. The minimum Gasteiger partial charge on any atom is -0.495 e. The van der Waals surface area contributed by atoms with E-state index < -0.39 is 0 Å². The molecule has 1 aromatic carbocycles. The van der Waals surface area contributed by atoms with Crippen LogP contribution >= 0.6 is 0 Å². The van der Waals surface area contributed by atoms with Crippen molar-refractivity contribution in [3.8, 4) is 11.8 Å². The van der Waals surface area contributed by atoms with Crippen LogP contribution in [-0.4, -0.2) is 19.8 Å². The molecule has 2 N–H and O–H groups in total. The Kier molecular flexibility index (Phi) is 4.19. The van der Waals surface area contributed by atoms with Gasteiger partial charge < -0.3 is 15.2 Å². The molecular formula is C14H18N2O2. The lowest BCUT2D eigenvalue weighted by atomic mass is 9.82. The molecule has 0 heterocycles. The molecule has 0 spiro atoms. The molecule has 1 aliphatic rings. The Morgan fingerprint density at radius 3 is 2.83 bits per heavy atom. The molecule has 0 saturated heterocycles. The summed E-state index contributed by atoms with van der Waals surface area (Å²) in [5.41, 5.74) is 7.15. The Morgan fingerprint density at radius 2 is 2.22 bits per heavy atom. The van der Waals surface area contributed by atoms with E-state index in [4.69, 9.17) is 20.5 Å². The average Bonchev–Trinajstić information content (AvgIpc) is 2.37. The second kappa shape index (κ2) is 5.85. The molecule has 4 heteroatoms. The van der Waals surface area contributed by atoms with Crippen LogP contribution in [0.2, 0.25) is 0 Å². The SMILES string of the molecule is COc1cc(COC2CC(CN)C2)ccc1C#N. The molecule has 1 saturated carbocycles. The molecule has 96 valence electrons. The predicted molar refractivity (Wildman–Crippen MR) is 68.1 cm³/mol. The van der Waals surface area contributed by atoms with Gasteiger partial charge in [0.05, 0.1) is 25.4 Å². The van der Waals surface area contributed by atoms with Gasteiger partial charge in [0.15, 0.2) is 0 Å². The standard InChI is InChI=1S/C14H18N2O2/c1-17-14-6-10(2-3-12(14)8-16)9-18-13-4-11(5-13)7-15/h2-3,6,11,13H,4-5,7,9,15H2,1H3. The van der Waals surface area contributed by atoms with Crippen LogP contribution in [0.5, 0.6) is 5.75 Å². The van der Waals surface area contributed by atoms with Gasteiger partial charge in [0, 0.05) is 0 Å². The van der Waals surface area contributed by atoms with Crippen molar-refractivity contribution >= 4 is 0 Å². The fourth-order valence-corrected chi connectivity index (χ4v) is 2.13. The topological polar surface area (TPSA) is 68.3 Å². The van der Waals surface area contributed by atoms with Crippen molar-refractivity contribution in [3.05, 3.63) is 29.3 Å². The first-order valence-corrected chi connectivity index (χ1v) is 6.15. The zero-order valence-electron chi connectivity index (χ0n) is 10.6. The summed E-state index contributed by atoms with van der Waals surface area (Å²) in [6, 6.07) is 7.62. The summed E-state index contributed by atoms with van der Waals surface area (Å²) < 4.78 is 10.9. The van der Waals surface area contributed by atoms with Gasteiger partial charge in [-0.3, -0.25) is 0 Å². The van der Waals surface area contributed by atoms with Gasteiger partial charge in [-0.15, -0.1) is 0 Å². The Hall–Kier alpha value is -1.57. The van der Waals surface area contributed by atoms with Crippen molar-refractivity contribution in [2.45, 2.75) is 25.6 Å². The molecule has 18 heavy (non-hydrogen) atoms. The minimum atomic E-state index is 0.334. The lowest BCUT2D eigenvalue weighted by molar-refractivity contribution is -0.0376. The molecule has 1 fully saturated rings. The normalized spacial score (nSPS) is 22.1. The smallest absolute Gasteiger partial charge is 0.136 e. The second-order valence-electron chi connectivity index (χ2n) is 4.65. The van der Waals surface area contributed by atoms with Crippen LogP contribution in [0, 0.1) is 17.2 Å². The summed E-state index contributed by atoms with van der Waals surface area (Å²) in [5.74, 6) is 1.23. The Balaban J connectivity index is 1.89. The average molecular weight is 246 g/mol. The van der Waals surface area contributed by atoms with Crippen LogP contribution in [0.4, 0.5) is 0 Å². The zero-order chi connectivity index (χ0) is 13.0. The number of nitriles is 1. The van der Waals surface area contributed by atoms with E-state index in [0.29, 0.717) is 29.9 Å². The largest absolute Gasteiger partial charge is 0.495 e. The van der Waals surface area contributed by atoms with Crippen LogP contribution in [0.25, 0.3) is 0 Å². The third kappa shape index (κ3) is 2.81. The molecule has 0 atom stereocenters. The number of methoxy groups -OCH3 is 1. The molecule has 0 amide bonds. The molecule has 0 bridgehead atoms. The van der Waals surface area contributed by atoms with E-state index in [2.05, 4.69) is 6.07 Å². The molecular weight excluding hydrogens is 228 g/mol. The lowest BCUT2D eigenvalue weighted by Crippen LogP contribution is -2.35. The van der Waals surface area contributed by atoms with Gasteiger partial charge in [-0.25, -0.2) is 0 Å². The second-order valence-corrected chi connectivity index (χ2v) is 4.65. The van der Waals surface area contributed by atoms with Gasteiger partial charge >= 0.3 is 0 Å². The fourth-order valence-electron chi connectivity index (χ4n) is 2.13. The van der Waals surface area contributed by atoms with E-state index in [1.165, 1.54) is 0 Å². The number of benzene rings is 1. The van der Waals surface area contributed by atoms with Gasteiger partial charge in [-0.2, -0.15) is 5.26 Å². The van der Waals surface area contributed by atoms with Crippen molar-refractivity contribution in [2.24, 2.45) is 11.7 Å². The molecule has 0 unspecified atom stereocenters. The first-order valence-electron chi connectivity index (χ1n) is 6.15. The van der Waals surface area contributed by atoms with E-state index in [9.17, 15) is 0 Å². The van der Waals surface area contributed by atoms with Crippen LogP contribution in [-0.2, 0) is 11.3 Å². The predicted octanol–water partition coefficient (Wildman–Crippen LogP) is 1.82. The van der Waals surface area contributed by atoms with Crippen LogP contribution < -0.4 is 10.5 Å². The summed E-state index contributed by atoms with van der Waals surface area (Å²) in [7, 11) is 1.57. The van der Waals surface area contributed by atoms with Crippen molar-refractivity contribution in [2.75, 3.05) is 13.7 Å². The zero-order valence-corrected chi connectivity index (χ0v) is 10.6. The monoisotopic (exact) mass is 246 g/mol. The van der Waals surface area contributed by atoms with E-state index in [1.54, 1.807) is 13.2 Å². The highest BCUT2D eigenvalue weighted by Gasteiger charge is 2.28. The molecule has 4 nitrogen and oxygen atoms in total. The fraction of sp³-hybridized carbons (Fsp3) is 0.500. The molecule has 0 aliphatic heterocycles. The molecule has 0 radical (unpaired) electrons. The molecule has 2 rings (SSSR count). The van der Waals surface area contributed by atoms with Gasteiger partial charge in [0.1, 0.15) is 11.8 Å². The molecule has 0 aromatic heterocycles. The maximum Gasteiger partial charge on any atom is 0.136 e. The number of nitrogens with two attached hydrogens (primary N) is 1. The minimum absolute atomic E-state index is 0.334. The quantitative estimate of drug-likeness (QED) is 0.860. The number of ether oxygens (including phenoxy) is 2. The highest BCUT2D eigenvalue weighted by molar-refractivity contribution is 5.45. The van der Waals surface area contributed by atoms with Crippen molar-refractivity contribution in [1.82, 2.24) is 0 Å². The van der Waals surface area contributed by atoms with Crippen molar-refractivity contribution < 1.29 is 9.47 Å². The van der Waals surface area contributed by atoms with E-state index in [0.717, 1.165) is 24.9 Å². The maximum atomic E-state index is 8.89. The summed E-state index contributed by atoms with van der Waals surface area (Å²) in [5, 5.41) is 8.89. The van der Waals surface area contributed by atoms with Gasteiger partial charge in [0.2, 0.25) is 0 Å². The Bertz CT molecular complexity index is 448. The van der Waals surface area contributed by atoms with Gasteiger partial charge in [-0.05, 0) is 43.0 Å². The summed E-state index contributed by atoms with van der Waals surface area (Å²) in [6.07, 6.45) is 2.45. The summed E-state index contributed by atoms with van der Waals surface area (Å²) in [6.45, 7) is 1.31. The summed E-state index contributed by atoms with van der Waals surface area (Å²) >= 11 is 0. The number of nitrogens with zero attached hydrogens (tertiary/aromatic N) is 1. The van der Waals surface area contributed by atoms with Gasteiger partial charge in [-0.1, -0.05) is 6.07 Å². The van der Waals surface area contributed by atoms with Crippen molar-refractivity contribution in [3.63, 3.8) is 0 Å². The van der Waals surface area contributed by atoms with Crippen LogP contribution in [0.15, 0.2) is 18.2 Å². The number of hydrogen-bond acceptors (Lipinski definition) is 4. The van der Waals surface area contributed by atoms with E-state index >= 15 is 0 Å². The summed E-state index contributed by atoms with van der Waals surface area (Å²) in [4.78, 5) is 0. The number of rotatable bonds is 5. The van der Waals surface area contributed by atoms with Gasteiger partial charge in [0.25, 0.3) is 0 Å². The van der Waals surface area contributed by atoms with Crippen LogP contribution in [0.3, 0.4) is 0 Å².